The average Bonchev–Trinajstić information content (AvgIpc) is 3.00. The number of fused-ring (bicyclic) bond motifs is 2. The van der Waals surface area contributed by atoms with Gasteiger partial charge in [0, 0.05) is 36.7 Å². The van der Waals surface area contributed by atoms with Crippen LogP contribution in [0.4, 0.5) is 0 Å². The van der Waals surface area contributed by atoms with Gasteiger partial charge in [-0.3, -0.25) is 4.90 Å². The normalized spacial score (nSPS) is 32.7. The maximum atomic E-state index is 6.06. The quantitative estimate of drug-likeness (QED) is 0.927. The van der Waals surface area contributed by atoms with Crippen molar-refractivity contribution in [3.05, 3.63) is 35.4 Å². The highest BCUT2D eigenvalue weighted by molar-refractivity contribution is 7.98. The summed E-state index contributed by atoms with van der Waals surface area (Å²) in [6.45, 7) is 4.29. The molecule has 1 aromatic rings. The van der Waals surface area contributed by atoms with Gasteiger partial charge in [-0.05, 0) is 30.5 Å². The Bertz CT molecular complexity index is 495. The van der Waals surface area contributed by atoms with Crippen molar-refractivity contribution in [1.29, 1.82) is 0 Å². The molecule has 3 heterocycles. The average molecular weight is 304 g/mol. The topological polar surface area (TPSA) is 24.5 Å². The molecule has 3 nitrogen and oxygen atoms in total. The number of benzene rings is 1. The second-order valence-electron chi connectivity index (χ2n) is 6.42. The Hall–Kier alpha value is -0.550. The maximum Gasteiger partial charge on any atom is 0.0827 e. The van der Waals surface area contributed by atoms with Crippen LogP contribution in [0.5, 0.6) is 0 Å². The summed E-state index contributed by atoms with van der Waals surface area (Å²) < 4.78 is 6.06. The van der Waals surface area contributed by atoms with E-state index in [4.69, 9.17) is 4.74 Å². The molecule has 0 bridgehead atoms. The Kier molecular flexibility index (Phi) is 4.21. The molecule has 4 rings (SSSR count). The largest absolute Gasteiger partial charge is 0.374 e. The van der Waals surface area contributed by atoms with Gasteiger partial charge in [0.1, 0.15) is 0 Å². The van der Waals surface area contributed by atoms with Crippen molar-refractivity contribution in [3.8, 4) is 0 Å². The summed E-state index contributed by atoms with van der Waals surface area (Å²) in [6.07, 6.45) is 3.03. The Morgan fingerprint density at radius 3 is 3.29 bits per heavy atom. The predicted molar refractivity (Wildman–Crippen MR) is 87.7 cm³/mol. The van der Waals surface area contributed by atoms with Crippen molar-refractivity contribution in [2.45, 2.75) is 36.8 Å². The van der Waals surface area contributed by atoms with E-state index in [0.29, 0.717) is 18.2 Å². The minimum absolute atomic E-state index is 0.360. The molecule has 2 saturated heterocycles. The summed E-state index contributed by atoms with van der Waals surface area (Å²) >= 11 is 2.03. The van der Waals surface area contributed by atoms with E-state index in [2.05, 4.69) is 34.5 Å². The first-order chi connectivity index (χ1) is 10.4. The van der Waals surface area contributed by atoms with E-state index in [9.17, 15) is 0 Å². The van der Waals surface area contributed by atoms with Crippen molar-refractivity contribution in [2.24, 2.45) is 0 Å². The minimum atomic E-state index is 0.360. The number of ether oxygens (including phenoxy) is 1. The Morgan fingerprint density at radius 1 is 1.33 bits per heavy atom. The highest BCUT2D eigenvalue weighted by atomic mass is 32.2. The SMILES string of the molecule is c1ccc2c(c1)CSCC2NCC1CN2CCCC2CO1. The highest BCUT2D eigenvalue weighted by Gasteiger charge is 2.32. The number of morpholine rings is 1. The van der Waals surface area contributed by atoms with E-state index >= 15 is 0 Å². The molecule has 3 atom stereocenters. The zero-order chi connectivity index (χ0) is 14.1. The zero-order valence-electron chi connectivity index (χ0n) is 12.5. The predicted octanol–water partition coefficient (Wildman–Crippen LogP) is 2.43. The number of nitrogens with one attached hydrogen (secondary N) is 1. The molecular formula is C17H24N2OS. The van der Waals surface area contributed by atoms with Gasteiger partial charge in [-0.25, -0.2) is 0 Å². The van der Waals surface area contributed by atoms with Crippen molar-refractivity contribution in [1.82, 2.24) is 10.2 Å². The van der Waals surface area contributed by atoms with Crippen LogP contribution in [0, 0.1) is 0 Å². The van der Waals surface area contributed by atoms with Crippen LogP contribution in [0.15, 0.2) is 24.3 Å². The van der Waals surface area contributed by atoms with Crippen molar-refractivity contribution in [3.63, 3.8) is 0 Å². The van der Waals surface area contributed by atoms with Crippen LogP contribution in [0.2, 0.25) is 0 Å². The van der Waals surface area contributed by atoms with E-state index in [1.54, 1.807) is 0 Å². The van der Waals surface area contributed by atoms with Crippen molar-refractivity contribution < 1.29 is 4.74 Å². The van der Waals surface area contributed by atoms with Crippen LogP contribution in [0.25, 0.3) is 0 Å². The minimum Gasteiger partial charge on any atom is -0.374 e. The van der Waals surface area contributed by atoms with E-state index in [0.717, 1.165) is 25.4 Å². The van der Waals surface area contributed by atoms with Gasteiger partial charge in [-0.15, -0.1) is 0 Å². The summed E-state index contributed by atoms with van der Waals surface area (Å²) in [5.41, 5.74) is 2.99. The third kappa shape index (κ3) is 3.00. The lowest BCUT2D eigenvalue weighted by Crippen LogP contribution is -2.50. The van der Waals surface area contributed by atoms with Crippen LogP contribution in [0.3, 0.4) is 0 Å². The standard InChI is InChI=1S/C17H24N2OS/c1-2-6-16-13(4-1)11-21-12-17(16)18-8-15-9-19-7-3-5-14(19)10-20-15/h1-2,4,6,14-15,17-18H,3,5,7-12H2. The van der Waals surface area contributed by atoms with Crippen molar-refractivity contribution >= 4 is 11.8 Å². The molecule has 1 N–H and O–H groups in total. The highest BCUT2D eigenvalue weighted by Crippen LogP contribution is 2.31. The van der Waals surface area contributed by atoms with Gasteiger partial charge in [0.25, 0.3) is 0 Å². The van der Waals surface area contributed by atoms with Gasteiger partial charge < -0.3 is 10.1 Å². The van der Waals surface area contributed by atoms with Crippen LogP contribution in [-0.2, 0) is 10.5 Å². The van der Waals surface area contributed by atoms with E-state index in [-0.39, 0.29) is 0 Å². The van der Waals surface area contributed by atoms with Crippen LogP contribution < -0.4 is 5.32 Å². The van der Waals surface area contributed by atoms with Gasteiger partial charge in [-0.1, -0.05) is 24.3 Å². The Balaban J connectivity index is 1.35. The molecule has 3 unspecified atom stereocenters. The smallest absolute Gasteiger partial charge is 0.0827 e. The molecule has 0 aromatic heterocycles. The fourth-order valence-electron chi connectivity index (χ4n) is 3.83. The molecule has 0 aliphatic carbocycles. The lowest BCUT2D eigenvalue weighted by Gasteiger charge is -2.36. The number of hydrogen-bond acceptors (Lipinski definition) is 4. The van der Waals surface area contributed by atoms with Crippen LogP contribution in [0.1, 0.15) is 30.0 Å². The lowest BCUT2D eigenvalue weighted by molar-refractivity contribution is -0.0477. The van der Waals surface area contributed by atoms with Crippen molar-refractivity contribution in [2.75, 3.05) is 32.0 Å². The zero-order valence-corrected chi connectivity index (χ0v) is 13.3. The molecular weight excluding hydrogens is 280 g/mol. The fourth-order valence-corrected chi connectivity index (χ4v) is 4.97. The Morgan fingerprint density at radius 2 is 2.29 bits per heavy atom. The molecule has 3 aliphatic heterocycles. The first-order valence-corrected chi connectivity index (χ1v) is 9.30. The summed E-state index contributed by atoms with van der Waals surface area (Å²) in [5.74, 6) is 2.33. The van der Waals surface area contributed by atoms with Gasteiger partial charge in [0.2, 0.25) is 0 Å². The summed E-state index contributed by atoms with van der Waals surface area (Å²) in [5, 5.41) is 3.75. The van der Waals surface area contributed by atoms with Crippen LogP contribution >= 0.6 is 11.8 Å². The lowest BCUT2D eigenvalue weighted by atomic mass is 10.0. The van der Waals surface area contributed by atoms with Gasteiger partial charge in [-0.2, -0.15) is 11.8 Å². The summed E-state index contributed by atoms with van der Waals surface area (Å²) in [4.78, 5) is 2.62. The number of nitrogens with zero attached hydrogens (tertiary/aromatic N) is 1. The number of hydrogen-bond donors (Lipinski definition) is 1. The molecule has 4 heteroatoms. The first-order valence-electron chi connectivity index (χ1n) is 8.15. The molecule has 114 valence electrons. The molecule has 0 spiro atoms. The van der Waals surface area contributed by atoms with E-state index in [1.807, 2.05) is 11.8 Å². The number of rotatable bonds is 3. The first kappa shape index (κ1) is 14.1. The molecule has 1 aromatic carbocycles. The van der Waals surface area contributed by atoms with Gasteiger partial charge >= 0.3 is 0 Å². The monoisotopic (exact) mass is 304 g/mol. The molecule has 3 aliphatic rings. The molecule has 0 radical (unpaired) electrons. The summed E-state index contributed by atoms with van der Waals surface area (Å²) in [6, 6.07) is 10.1. The fraction of sp³-hybridized carbons (Fsp3) is 0.647. The molecule has 2 fully saturated rings. The van der Waals surface area contributed by atoms with Crippen LogP contribution in [-0.4, -0.2) is 49.0 Å². The second-order valence-corrected chi connectivity index (χ2v) is 7.45. The maximum absolute atomic E-state index is 6.06. The second kappa shape index (κ2) is 6.29. The molecule has 0 saturated carbocycles. The Labute approximate surface area is 131 Å². The molecule has 0 amide bonds. The van der Waals surface area contributed by atoms with Gasteiger partial charge in [0.15, 0.2) is 0 Å². The molecule has 21 heavy (non-hydrogen) atoms. The number of thioether (sulfide) groups is 1. The van der Waals surface area contributed by atoms with E-state index in [1.165, 1.54) is 36.3 Å². The third-order valence-electron chi connectivity index (χ3n) is 5.03. The van der Waals surface area contributed by atoms with Gasteiger partial charge in [0.05, 0.1) is 12.7 Å². The summed E-state index contributed by atoms with van der Waals surface area (Å²) in [7, 11) is 0. The third-order valence-corrected chi connectivity index (χ3v) is 6.11. The van der Waals surface area contributed by atoms with E-state index < -0.39 is 0 Å².